The van der Waals surface area contributed by atoms with E-state index in [9.17, 15) is 0 Å². The van der Waals surface area contributed by atoms with Crippen molar-refractivity contribution in [2.24, 2.45) is 4.99 Å². The summed E-state index contributed by atoms with van der Waals surface area (Å²) in [4.78, 5) is 13.1. The van der Waals surface area contributed by atoms with Crippen molar-refractivity contribution in [3.8, 4) is 11.1 Å². The lowest BCUT2D eigenvalue weighted by Crippen LogP contribution is -2.05. The molecule has 0 bridgehead atoms. The first-order valence-corrected chi connectivity index (χ1v) is 6.74. The highest BCUT2D eigenvalue weighted by Gasteiger charge is 2.10. The van der Waals surface area contributed by atoms with Crippen molar-refractivity contribution in [2.75, 3.05) is 6.54 Å². The van der Waals surface area contributed by atoms with Gasteiger partial charge in [-0.1, -0.05) is 18.2 Å². The van der Waals surface area contributed by atoms with Crippen LogP contribution in [0.15, 0.2) is 53.9 Å². The van der Waals surface area contributed by atoms with E-state index in [2.05, 4.69) is 45.3 Å². The summed E-state index contributed by atoms with van der Waals surface area (Å²) in [5, 5.41) is 2.35. The summed E-state index contributed by atoms with van der Waals surface area (Å²) in [6, 6.07) is 10.5. The molecule has 0 fully saturated rings. The minimum absolute atomic E-state index is 0.847. The minimum atomic E-state index is 0.847. The van der Waals surface area contributed by atoms with Gasteiger partial charge in [-0.25, -0.2) is 0 Å². The molecule has 4 rings (SSSR count). The van der Waals surface area contributed by atoms with Gasteiger partial charge < -0.3 is 0 Å². The molecule has 20 heavy (non-hydrogen) atoms. The van der Waals surface area contributed by atoms with Crippen molar-refractivity contribution in [3.05, 3.63) is 60.2 Å². The molecular formula is C17H13N3. The quantitative estimate of drug-likeness (QED) is 0.672. The zero-order valence-electron chi connectivity index (χ0n) is 11.0. The molecule has 0 radical (unpaired) electrons. The molecule has 0 spiro atoms. The first-order valence-electron chi connectivity index (χ1n) is 6.74. The second-order valence-corrected chi connectivity index (χ2v) is 4.95. The van der Waals surface area contributed by atoms with E-state index in [-0.39, 0.29) is 0 Å². The number of pyridine rings is 2. The monoisotopic (exact) mass is 259 g/mol. The van der Waals surface area contributed by atoms with Crippen LogP contribution in [-0.4, -0.2) is 22.7 Å². The van der Waals surface area contributed by atoms with E-state index in [1.54, 1.807) is 0 Å². The predicted octanol–water partition coefficient (Wildman–Crippen LogP) is 3.27. The van der Waals surface area contributed by atoms with Crippen LogP contribution in [0, 0.1) is 0 Å². The Morgan fingerprint density at radius 1 is 1.05 bits per heavy atom. The number of hydrogen-bond donors (Lipinski definition) is 0. The maximum absolute atomic E-state index is 4.60. The zero-order chi connectivity index (χ0) is 13.4. The summed E-state index contributed by atoms with van der Waals surface area (Å²) in [7, 11) is 0. The van der Waals surface area contributed by atoms with Gasteiger partial charge in [-0.2, -0.15) is 0 Å². The highest BCUT2D eigenvalue weighted by atomic mass is 14.8. The van der Waals surface area contributed by atoms with Crippen LogP contribution in [0.3, 0.4) is 0 Å². The number of aliphatic imine (C=N–C) groups is 1. The lowest BCUT2D eigenvalue weighted by atomic mass is 9.98. The van der Waals surface area contributed by atoms with Gasteiger partial charge in [-0.3, -0.25) is 15.0 Å². The van der Waals surface area contributed by atoms with E-state index >= 15 is 0 Å². The van der Waals surface area contributed by atoms with Crippen LogP contribution in [0.2, 0.25) is 0 Å². The highest BCUT2D eigenvalue weighted by molar-refractivity contribution is 5.97. The molecule has 3 heterocycles. The smallest absolute Gasteiger partial charge is 0.0510 e. The van der Waals surface area contributed by atoms with Crippen LogP contribution in [0.5, 0.6) is 0 Å². The lowest BCUT2D eigenvalue weighted by Gasteiger charge is -2.12. The summed E-state index contributed by atoms with van der Waals surface area (Å²) in [6.07, 6.45) is 8.56. The second kappa shape index (κ2) is 4.53. The van der Waals surface area contributed by atoms with Crippen molar-refractivity contribution in [3.63, 3.8) is 0 Å². The highest BCUT2D eigenvalue weighted by Crippen LogP contribution is 2.28. The molecule has 0 aliphatic carbocycles. The van der Waals surface area contributed by atoms with Gasteiger partial charge in [0.1, 0.15) is 0 Å². The van der Waals surface area contributed by atoms with Gasteiger partial charge in [-0.05, 0) is 23.1 Å². The molecule has 1 aromatic carbocycles. The molecule has 0 saturated carbocycles. The fourth-order valence-electron chi connectivity index (χ4n) is 2.69. The van der Waals surface area contributed by atoms with Gasteiger partial charge in [0.05, 0.1) is 5.69 Å². The van der Waals surface area contributed by atoms with E-state index in [1.165, 1.54) is 10.9 Å². The second-order valence-electron chi connectivity index (χ2n) is 4.95. The summed E-state index contributed by atoms with van der Waals surface area (Å²) in [6.45, 7) is 0.847. The van der Waals surface area contributed by atoms with Crippen molar-refractivity contribution < 1.29 is 0 Å². The fraction of sp³-hybridized carbons (Fsp3) is 0.118. The average Bonchev–Trinajstić information content (AvgIpc) is 2.54. The molecule has 3 heteroatoms. The minimum Gasteiger partial charge on any atom is -0.292 e. The van der Waals surface area contributed by atoms with Gasteiger partial charge in [-0.15, -0.1) is 0 Å². The lowest BCUT2D eigenvalue weighted by molar-refractivity contribution is 0.906. The van der Waals surface area contributed by atoms with Gasteiger partial charge in [0, 0.05) is 54.3 Å². The number of benzene rings is 1. The van der Waals surface area contributed by atoms with Gasteiger partial charge in [0.2, 0.25) is 0 Å². The van der Waals surface area contributed by atoms with E-state index in [4.69, 9.17) is 0 Å². The zero-order valence-corrected chi connectivity index (χ0v) is 11.0. The maximum atomic E-state index is 4.60. The summed E-state index contributed by atoms with van der Waals surface area (Å²) in [5.74, 6) is 0. The van der Waals surface area contributed by atoms with Crippen LogP contribution in [0.1, 0.15) is 11.3 Å². The number of fused-ring (bicyclic) bond motifs is 2. The van der Waals surface area contributed by atoms with Crippen molar-refractivity contribution in [1.82, 2.24) is 9.97 Å². The molecule has 1 aliphatic rings. The normalized spacial score (nSPS) is 13.4. The van der Waals surface area contributed by atoms with Crippen LogP contribution in [0.4, 0.5) is 0 Å². The van der Waals surface area contributed by atoms with Crippen LogP contribution in [-0.2, 0) is 6.42 Å². The van der Waals surface area contributed by atoms with Gasteiger partial charge in [0.25, 0.3) is 0 Å². The first-order chi connectivity index (χ1) is 9.92. The van der Waals surface area contributed by atoms with Crippen molar-refractivity contribution in [2.45, 2.75) is 6.42 Å². The molecule has 0 atom stereocenters. The molecule has 1 aliphatic heterocycles. The molecule has 2 aromatic heterocycles. The van der Waals surface area contributed by atoms with Crippen molar-refractivity contribution in [1.29, 1.82) is 0 Å². The Bertz CT molecular complexity index is 816. The fourth-order valence-corrected chi connectivity index (χ4v) is 2.69. The van der Waals surface area contributed by atoms with Gasteiger partial charge in [0.15, 0.2) is 0 Å². The Hall–Kier alpha value is -2.55. The van der Waals surface area contributed by atoms with E-state index in [0.29, 0.717) is 0 Å². The van der Waals surface area contributed by atoms with Crippen LogP contribution >= 0.6 is 0 Å². The van der Waals surface area contributed by atoms with Crippen LogP contribution < -0.4 is 0 Å². The molecule has 3 nitrogen and oxygen atoms in total. The summed E-state index contributed by atoms with van der Waals surface area (Å²) < 4.78 is 0. The summed E-state index contributed by atoms with van der Waals surface area (Å²) in [5.41, 5.74) is 4.61. The number of nitrogens with zero attached hydrogens (tertiary/aromatic N) is 3. The molecule has 3 aromatic rings. The standard InChI is InChI=1S/C17H13N3/c1-2-12-9-18-6-4-16(12)15(3-1)13-8-14-10-19-7-5-17(14)20-11-13/h1-4,6,8-11H,5,7H2. The Morgan fingerprint density at radius 2 is 2.05 bits per heavy atom. The number of aromatic nitrogens is 2. The van der Waals surface area contributed by atoms with Gasteiger partial charge >= 0.3 is 0 Å². The predicted molar refractivity (Wildman–Crippen MR) is 81.1 cm³/mol. The number of hydrogen-bond acceptors (Lipinski definition) is 3. The third-order valence-electron chi connectivity index (χ3n) is 3.70. The molecule has 0 unspecified atom stereocenters. The third kappa shape index (κ3) is 1.79. The van der Waals surface area contributed by atoms with E-state index in [0.717, 1.165) is 35.2 Å². The van der Waals surface area contributed by atoms with Crippen LogP contribution in [0.25, 0.3) is 21.9 Å². The van der Waals surface area contributed by atoms with E-state index in [1.807, 2.05) is 24.8 Å². The largest absolute Gasteiger partial charge is 0.292 e. The average molecular weight is 259 g/mol. The molecule has 96 valence electrons. The Kier molecular flexibility index (Phi) is 2.56. The summed E-state index contributed by atoms with van der Waals surface area (Å²) >= 11 is 0. The van der Waals surface area contributed by atoms with E-state index < -0.39 is 0 Å². The molecule has 0 N–H and O–H groups in total. The maximum Gasteiger partial charge on any atom is 0.0510 e. The first kappa shape index (κ1) is 11.3. The third-order valence-corrected chi connectivity index (χ3v) is 3.70. The topological polar surface area (TPSA) is 38.1 Å². The number of rotatable bonds is 1. The van der Waals surface area contributed by atoms with Crippen molar-refractivity contribution >= 4 is 17.0 Å². The molecule has 0 amide bonds. The molecule has 0 saturated heterocycles. The Labute approximate surface area is 117 Å². The Balaban J connectivity index is 1.94. The Morgan fingerprint density at radius 3 is 3.05 bits per heavy atom. The SMILES string of the molecule is C1=NCCc2ncc(-c3cccc4cnccc34)cc21. The molecular weight excluding hydrogens is 246 g/mol.